The molecule has 2 aromatic carbocycles. The van der Waals surface area contributed by atoms with E-state index >= 15 is 0 Å². The number of rotatable bonds is 8. The van der Waals surface area contributed by atoms with Crippen LogP contribution in [0.25, 0.3) is 22.4 Å². The second-order valence-corrected chi connectivity index (χ2v) is 8.75. The first-order valence-electron chi connectivity index (χ1n) is 10.9. The van der Waals surface area contributed by atoms with E-state index in [1.165, 1.54) is 11.8 Å². The zero-order valence-corrected chi connectivity index (χ0v) is 19.2. The molecule has 0 saturated heterocycles. The molecule has 1 atom stereocenters. The number of thioether (sulfide) groups is 1. The van der Waals surface area contributed by atoms with Crippen molar-refractivity contribution >= 4 is 28.6 Å². The smallest absolute Gasteiger partial charge is 0.277 e. The van der Waals surface area contributed by atoms with Crippen LogP contribution in [0.1, 0.15) is 25.0 Å². The largest absolute Gasteiger partial charge is 0.494 e. The lowest BCUT2D eigenvalue weighted by Crippen LogP contribution is -2.25. The number of para-hydroxylation sites is 1. The molecule has 1 amide bonds. The number of fused-ring (bicyclic) bond motifs is 2. The topological polar surface area (TPSA) is 102 Å². The number of H-pyrrole nitrogens is 1. The summed E-state index contributed by atoms with van der Waals surface area (Å²) >= 11 is 1.20. The second kappa shape index (κ2) is 9.19. The first kappa shape index (κ1) is 21.4. The van der Waals surface area contributed by atoms with Gasteiger partial charge in [-0.05, 0) is 32.0 Å². The van der Waals surface area contributed by atoms with Crippen LogP contribution in [-0.2, 0) is 17.8 Å². The van der Waals surface area contributed by atoms with Gasteiger partial charge in [-0.3, -0.25) is 4.79 Å². The average molecular weight is 465 g/mol. The lowest BCUT2D eigenvalue weighted by Gasteiger charge is -2.13. The van der Waals surface area contributed by atoms with Gasteiger partial charge in [0.25, 0.3) is 11.1 Å². The summed E-state index contributed by atoms with van der Waals surface area (Å²) < 4.78 is 17.4. The Labute approximate surface area is 195 Å². The van der Waals surface area contributed by atoms with Crippen LogP contribution in [0.3, 0.4) is 0 Å². The van der Waals surface area contributed by atoms with Gasteiger partial charge in [-0.15, -0.1) is 10.2 Å². The Morgan fingerprint density at radius 3 is 3.06 bits per heavy atom. The maximum atomic E-state index is 12.5. The summed E-state index contributed by atoms with van der Waals surface area (Å²) in [4.78, 5) is 15.6. The molecule has 0 aliphatic carbocycles. The van der Waals surface area contributed by atoms with Gasteiger partial charge in [-0.1, -0.05) is 30.0 Å². The number of carbonyl (C=O) groups excluding carboxylic acids is 1. The molecule has 1 aliphatic rings. The fourth-order valence-corrected chi connectivity index (χ4v) is 4.50. The third-order valence-electron chi connectivity index (χ3n) is 5.41. The fourth-order valence-electron chi connectivity index (χ4n) is 3.91. The van der Waals surface area contributed by atoms with Crippen molar-refractivity contribution in [1.82, 2.24) is 20.5 Å². The Morgan fingerprint density at radius 1 is 1.30 bits per heavy atom. The Hall–Kier alpha value is -3.46. The molecule has 3 heterocycles. The van der Waals surface area contributed by atoms with E-state index in [0.717, 1.165) is 45.5 Å². The van der Waals surface area contributed by atoms with Crippen molar-refractivity contribution in [1.29, 1.82) is 0 Å². The molecule has 5 rings (SSSR count). The van der Waals surface area contributed by atoms with Crippen molar-refractivity contribution in [2.45, 2.75) is 38.1 Å². The normalized spacial score (nSPS) is 14.8. The Morgan fingerprint density at radius 2 is 2.18 bits per heavy atom. The van der Waals surface area contributed by atoms with E-state index in [1.807, 2.05) is 56.4 Å². The molecule has 9 heteroatoms. The Bertz CT molecular complexity index is 1300. The molecule has 33 heavy (non-hydrogen) atoms. The minimum Gasteiger partial charge on any atom is -0.494 e. The predicted octanol–water partition coefficient (Wildman–Crippen LogP) is 4.35. The molecule has 170 valence electrons. The highest BCUT2D eigenvalue weighted by Gasteiger charge is 2.22. The van der Waals surface area contributed by atoms with Crippen molar-refractivity contribution in [3.05, 3.63) is 53.7 Å². The van der Waals surface area contributed by atoms with E-state index in [-0.39, 0.29) is 17.8 Å². The van der Waals surface area contributed by atoms with E-state index in [9.17, 15) is 4.79 Å². The van der Waals surface area contributed by atoms with E-state index in [2.05, 4.69) is 20.5 Å². The molecule has 4 aromatic rings. The Kier molecular flexibility index (Phi) is 5.95. The van der Waals surface area contributed by atoms with Crippen molar-refractivity contribution in [3.63, 3.8) is 0 Å². The summed E-state index contributed by atoms with van der Waals surface area (Å²) in [5, 5.41) is 12.5. The lowest BCUT2D eigenvalue weighted by molar-refractivity contribution is -0.118. The standard InChI is InChI=1S/C24H24N4O4S/c1-3-30-20-9-15-8-14(2)31-21(15)10-16(20)11-26-22(29)13-33-24-28-27-23(32-24)18-12-25-19-7-5-4-6-17(18)19/h4-7,9-10,12,14,25H,3,8,11,13H2,1-2H3,(H,26,29). The van der Waals surface area contributed by atoms with Gasteiger partial charge in [0, 0.05) is 41.2 Å². The zero-order valence-electron chi connectivity index (χ0n) is 18.4. The number of hydrogen-bond donors (Lipinski definition) is 2. The molecular weight excluding hydrogens is 440 g/mol. The van der Waals surface area contributed by atoms with Crippen LogP contribution in [0.5, 0.6) is 11.5 Å². The number of nitrogens with zero attached hydrogens (tertiary/aromatic N) is 2. The SMILES string of the molecule is CCOc1cc2c(cc1CNC(=O)CSc1nnc(-c3c[nH]c4ccccc34)o1)OC(C)C2. The molecule has 0 bridgehead atoms. The Balaban J connectivity index is 1.20. The molecular formula is C24H24N4O4S. The number of nitrogens with one attached hydrogen (secondary N) is 2. The molecule has 1 unspecified atom stereocenters. The van der Waals surface area contributed by atoms with E-state index in [0.29, 0.717) is 24.3 Å². The highest BCUT2D eigenvalue weighted by Crippen LogP contribution is 2.35. The molecule has 0 fully saturated rings. The number of aromatic nitrogens is 3. The number of benzene rings is 2. The van der Waals surface area contributed by atoms with Crippen LogP contribution in [0, 0.1) is 0 Å². The minimum atomic E-state index is -0.135. The third-order valence-corrected chi connectivity index (χ3v) is 6.23. The minimum absolute atomic E-state index is 0.135. The average Bonchev–Trinajstić information content (AvgIpc) is 3.53. The van der Waals surface area contributed by atoms with Gasteiger partial charge in [-0.2, -0.15) is 0 Å². The van der Waals surface area contributed by atoms with Gasteiger partial charge in [-0.25, -0.2) is 0 Å². The number of amides is 1. The van der Waals surface area contributed by atoms with Gasteiger partial charge in [0.05, 0.1) is 17.9 Å². The van der Waals surface area contributed by atoms with Gasteiger partial charge >= 0.3 is 0 Å². The van der Waals surface area contributed by atoms with Crippen LogP contribution in [0.2, 0.25) is 0 Å². The number of hydrogen-bond acceptors (Lipinski definition) is 7. The monoisotopic (exact) mass is 464 g/mol. The molecule has 0 saturated carbocycles. The maximum absolute atomic E-state index is 12.5. The first-order chi connectivity index (χ1) is 16.1. The lowest BCUT2D eigenvalue weighted by atomic mass is 10.1. The van der Waals surface area contributed by atoms with E-state index in [4.69, 9.17) is 13.9 Å². The van der Waals surface area contributed by atoms with Crippen LogP contribution in [-0.4, -0.2) is 39.6 Å². The molecule has 0 radical (unpaired) electrons. The first-order valence-corrected chi connectivity index (χ1v) is 11.8. The summed E-state index contributed by atoms with van der Waals surface area (Å²) in [5.74, 6) is 2.09. The number of aromatic amines is 1. The fraction of sp³-hybridized carbons (Fsp3) is 0.292. The van der Waals surface area contributed by atoms with Gasteiger partial charge in [0.15, 0.2) is 0 Å². The summed E-state index contributed by atoms with van der Waals surface area (Å²) in [6, 6.07) is 11.9. The number of ether oxygens (including phenoxy) is 2. The molecule has 0 spiro atoms. The van der Waals surface area contributed by atoms with Gasteiger partial charge in [0.1, 0.15) is 17.6 Å². The molecule has 8 nitrogen and oxygen atoms in total. The zero-order chi connectivity index (χ0) is 22.8. The van der Waals surface area contributed by atoms with E-state index in [1.54, 1.807) is 0 Å². The summed E-state index contributed by atoms with van der Waals surface area (Å²) in [7, 11) is 0. The third kappa shape index (κ3) is 4.54. The summed E-state index contributed by atoms with van der Waals surface area (Å²) in [5.41, 5.74) is 3.87. The van der Waals surface area contributed by atoms with Crippen molar-refractivity contribution in [3.8, 4) is 23.0 Å². The molecule has 2 aromatic heterocycles. The van der Waals surface area contributed by atoms with Gasteiger partial charge in [0.2, 0.25) is 5.91 Å². The van der Waals surface area contributed by atoms with Gasteiger partial charge < -0.3 is 24.2 Å². The predicted molar refractivity (Wildman–Crippen MR) is 126 cm³/mol. The van der Waals surface area contributed by atoms with E-state index < -0.39 is 0 Å². The van der Waals surface area contributed by atoms with Crippen LogP contribution >= 0.6 is 11.8 Å². The van der Waals surface area contributed by atoms with Crippen molar-refractivity contribution in [2.75, 3.05) is 12.4 Å². The molecule has 2 N–H and O–H groups in total. The summed E-state index contributed by atoms with van der Waals surface area (Å²) in [6.07, 6.45) is 2.86. The highest BCUT2D eigenvalue weighted by atomic mass is 32.2. The van der Waals surface area contributed by atoms with Crippen molar-refractivity contribution < 1.29 is 18.7 Å². The van der Waals surface area contributed by atoms with Crippen molar-refractivity contribution in [2.24, 2.45) is 0 Å². The quantitative estimate of drug-likeness (QED) is 0.374. The van der Waals surface area contributed by atoms with Crippen LogP contribution in [0.4, 0.5) is 0 Å². The van der Waals surface area contributed by atoms with Crippen LogP contribution in [0.15, 0.2) is 52.2 Å². The second-order valence-electron chi connectivity index (χ2n) is 7.82. The highest BCUT2D eigenvalue weighted by molar-refractivity contribution is 7.99. The molecule has 1 aliphatic heterocycles. The number of carbonyl (C=O) groups is 1. The summed E-state index contributed by atoms with van der Waals surface area (Å²) in [6.45, 7) is 4.90. The van der Waals surface area contributed by atoms with Crippen LogP contribution < -0.4 is 14.8 Å². The maximum Gasteiger partial charge on any atom is 0.277 e.